The number of hydrogen-bond donors (Lipinski definition) is 2. The fourth-order valence-corrected chi connectivity index (χ4v) is 1.37. The summed E-state index contributed by atoms with van der Waals surface area (Å²) < 4.78 is 0. The molecule has 1 aromatic rings. The highest BCUT2D eigenvalue weighted by atomic mass is 16.2. The number of rotatable bonds is 4. The van der Waals surface area contributed by atoms with Crippen LogP contribution in [0.1, 0.15) is 18.1 Å². The summed E-state index contributed by atoms with van der Waals surface area (Å²) in [5, 5.41) is 2.79. The maximum atomic E-state index is 11.2. The number of hydrogen-bond acceptors (Lipinski definition) is 2. The average Bonchev–Trinajstić information content (AvgIpc) is 2.20. The van der Waals surface area contributed by atoms with Crippen LogP contribution in [0.5, 0.6) is 0 Å². The lowest BCUT2D eigenvalue weighted by atomic mass is 10.1. The topological polar surface area (TPSA) is 55.1 Å². The highest BCUT2D eigenvalue weighted by molar-refractivity contribution is 5.80. The van der Waals surface area contributed by atoms with E-state index < -0.39 is 6.04 Å². The smallest absolute Gasteiger partial charge is 0.236 e. The molecule has 82 valence electrons. The molecule has 15 heavy (non-hydrogen) atoms. The van der Waals surface area contributed by atoms with Crippen molar-refractivity contribution in [1.82, 2.24) is 5.32 Å². The van der Waals surface area contributed by atoms with Crippen LogP contribution in [0.15, 0.2) is 24.3 Å². The summed E-state index contributed by atoms with van der Waals surface area (Å²) in [4.78, 5) is 11.2. The second-order valence-corrected chi connectivity index (χ2v) is 3.76. The second-order valence-electron chi connectivity index (χ2n) is 3.76. The molecule has 0 aliphatic heterocycles. The van der Waals surface area contributed by atoms with Crippen LogP contribution < -0.4 is 11.1 Å². The highest BCUT2D eigenvalue weighted by Crippen LogP contribution is 2.06. The number of aryl methyl sites for hydroxylation is 1. The Hall–Kier alpha value is -1.35. The quantitative estimate of drug-likeness (QED) is 0.772. The summed E-state index contributed by atoms with van der Waals surface area (Å²) in [6.45, 7) is 4.40. The molecule has 3 heteroatoms. The van der Waals surface area contributed by atoms with Gasteiger partial charge in [0.1, 0.15) is 0 Å². The van der Waals surface area contributed by atoms with Crippen LogP contribution in [0.25, 0.3) is 0 Å². The van der Waals surface area contributed by atoms with Gasteiger partial charge in [0.25, 0.3) is 0 Å². The molecule has 1 aromatic carbocycles. The van der Waals surface area contributed by atoms with Crippen LogP contribution in [0.2, 0.25) is 0 Å². The number of nitrogens with one attached hydrogen (secondary N) is 1. The first kappa shape index (κ1) is 11.7. The zero-order valence-corrected chi connectivity index (χ0v) is 9.29. The molecule has 3 N–H and O–H groups in total. The molecule has 0 aliphatic carbocycles. The summed E-state index contributed by atoms with van der Waals surface area (Å²) in [6, 6.07) is 7.74. The van der Waals surface area contributed by atoms with Crippen LogP contribution in [0.3, 0.4) is 0 Å². The predicted octanol–water partition coefficient (Wildman–Crippen LogP) is 1.00. The van der Waals surface area contributed by atoms with Crippen molar-refractivity contribution in [2.24, 2.45) is 5.73 Å². The largest absolute Gasteiger partial charge is 0.354 e. The summed E-state index contributed by atoms with van der Waals surface area (Å²) in [7, 11) is 0. The number of nitrogens with two attached hydrogens (primary N) is 1. The van der Waals surface area contributed by atoms with Gasteiger partial charge in [-0.1, -0.05) is 24.3 Å². The fourth-order valence-electron chi connectivity index (χ4n) is 1.37. The maximum Gasteiger partial charge on any atom is 0.236 e. The van der Waals surface area contributed by atoms with Gasteiger partial charge in [-0.15, -0.1) is 0 Å². The Balaban J connectivity index is 2.38. The lowest BCUT2D eigenvalue weighted by molar-refractivity contribution is -0.121. The predicted molar refractivity (Wildman–Crippen MR) is 61.5 cm³/mol. The first-order chi connectivity index (χ1) is 7.11. The Bertz CT molecular complexity index is 334. The van der Waals surface area contributed by atoms with Gasteiger partial charge >= 0.3 is 0 Å². The van der Waals surface area contributed by atoms with Gasteiger partial charge in [-0.25, -0.2) is 0 Å². The second kappa shape index (κ2) is 5.51. The third-order valence-corrected chi connectivity index (χ3v) is 2.37. The zero-order chi connectivity index (χ0) is 11.3. The normalized spacial score (nSPS) is 12.2. The van der Waals surface area contributed by atoms with Crippen molar-refractivity contribution in [3.63, 3.8) is 0 Å². The summed E-state index contributed by atoms with van der Waals surface area (Å²) >= 11 is 0. The molecule has 0 bridgehead atoms. The van der Waals surface area contributed by atoms with Crippen LogP contribution in [-0.4, -0.2) is 18.5 Å². The monoisotopic (exact) mass is 206 g/mol. The van der Waals surface area contributed by atoms with E-state index in [1.54, 1.807) is 6.92 Å². The van der Waals surface area contributed by atoms with E-state index in [2.05, 4.69) is 24.4 Å². The third-order valence-electron chi connectivity index (χ3n) is 2.37. The number of carbonyl (C=O) groups is 1. The lowest BCUT2D eigenvalue weighted by Gasteiger charge is -2.08. The maximum absolute atomic E-state index is 11.2. The van der Waals surface area contributed by atoms with E-state index in [9.17, 15) is 4.79 Å². The Labute approximate surface area is 90.7 Å². The van der Waals surface area contributed by atoms with Crippen LogP contribution in [-0.2, 0) is 11.2 Å². The fraction of sp³-hybridized carbons (Fsp3) is 0.417. The molecule has 0 spiro atoms. The Kier molecular flexibility index (Phi) is 4.31. The molecule has 0 saturated carbocycles. The summed E-state index contributed by atoms with van der Waals surface area (Å²) in [5.74, 6) is -0.0939. The van der Waals surface area contributed by atoms with E-state index in [-0.39, 0.29) is 5.91 Å². The standard InChI is InChI=1S/C12H18N2O/c1-9-5-3-4-6-11(9)7-8-14-12(15)10(2)13/h3-6,10H,7-8,13H2,1-2H3,(H,14,15)/t10-/m0/s1. The zero-order valence-electron chi connectivity index (χ0n) is 9.29. The molecule has 1 amide bonds. The molecule has 0 radical (unpaired) electrons. The third kappa shape index (κ3) is 3.72. The molecule has 1 atom stereocenters. The Morgan fingerprint density at radius 1 is 1.47 bits per heavy atom. The van der Waals surface area contributed by atoms with E-state index in [1.165, 1.54) is 11.1 Å². The summed E-state index contributed by atoms with van der Waals surface area (Å²) in [6.07, 6.45) is 0.852. The summed E-state index contributed by atoms with van der Waals surface area (Å²) in [5.41, 5.74) is 7.96. The molecule has 0 aromatic heterocycles. The number of benzene rings is 1. The van der Waals surface area contributed by atoms with Crippen molar-refractivity contribution in [2.75, 3.05) is 6.54 Å². The van der Waals surface area contributed by atoms with Crippen LogP contribution in [0, 0.1) is 6.92 Å². The molecule has 0 saturated heterocycles. The number of carbonyl (C=O) groups excluding carboxylic acids is 1. The molecule has 3 nitrogen and oxygen atoms in total. The SMILES string of the molecule is Cc1ccccc1CCNC(=O)[C@H](C)N. The van der Waals surface area contributed by atoms with Gasteiger partial charge in [-0.05, 0) is 31.4 Å². The van der Waals surface area contributed by atoms with Gasteiger partial charge in [0.15, 0.2) is 0 Å². The van der Waals surface area contributed by atoms with Crippen molar-refractivity contribution in [3.8, 4) is 0 Å². The molecule has 0 aliphatic rings. The average molecular weight is 206 g/mol. The Morgan fingerprint density at radius 2 is 2.13 bits per heavy atom. The molecule has 0 unspecified atom stereocenters. The molecule has 0 fully saturated rings. The lowest BCUT2D eigenvalue weighted by Crippen LogP contribution is -2.39. The van der Waals surface area contributed by atoms with E-state index in [1.807, 2.05) is 12.1 Å². The highest BCUT2D eigenvalue weighted by Gasteiger charge is 2.05. The van der Waals surface area contributed by atoms with Crippen molar-refractivity contribution < 1.29 is 4.79 Å². The van der Waals surface area contributed by atoms with Crippen molar-refractivity contribution in [2.45, 2.75) is 26.3 Å². The van der Waals surface area contributed by atoms with Gasteiger partial charge < -0.3 is 11.1 Å². The van der Waals surface area contributed by atoms with E-state index in [0.29, 0.717) is 6.54 Å². The minimum atomic E-state index is -0.429. The first-order valence-electron chi connectivity index (χ1n) is 5.19. The molecule has 1 rings (SSSR count). The van der Waals surface area contributed by atoms with E-state index >= 15 is 0 Å². The molecular formula is C12H18N2O. The van der Waals surface area contributed by atoms with Gasteiger partial charge in [0.05, 0.1) is 6.04 Å². The van der Waals surface area contributed by atoms with Gasteiger partial charge in [0.2, 0.25) is 5.91 Å². The van der Waals surface area contributed by atoms with Crippen LogP contribution in [0.4, 0.5) is 0 Å². The van der Waals surface area contributed by atoms with Gasteiger partial charge in [-0.2, -0.15) is 0 Å². The van der Waals surface area contributed by atoms with Crippen molar-refractivity contribution in [1.29, 1.82) is 0 Å². The minimum Gasteiger partial charge on any atom is -0.354 e. The molecular weight excluding hydrogens is 188 g/mol. The van der Waals surface area contributed by atoms with Gasteiger partial charge in [0, 0.05) is 6.54 Å². The number of amides is 1. The van der Waals surface area contributed by atoms with Crippen molar-refractivity contribution in [3.05, 3.63) is 35.4 Å². The van der Waals surface area contributed by atoms with Crippen LogP contribution >= 0.6 is 0 Å². The Morgan fingerprint density at radius 3 is 2.73 bits per heavy atom. The minimum absolute atomic E-state index is 0.0939. The van der Waals surface area contributed by atoms with E-state index in [4.69, 9.17) is 5.73 Å². The first-order valence-corrected chi connectivity index (χ1v) is 5.19. The van der Waals surface area contributed by atoms with Gasteiger partial charge in [-0.3, -0.25) is 4.79 Å². The van der Waals surface area contributed by atoms with E-state index in [0.717, 1.165) is 6.42 Å². The van der Waals surface area contributed by atoms with Crippen molar-refractivity contribution >= 4 is 5.91 Å². The molecule has 0 heterocycles.